The quantitative estimate of drug-likeness (QED) is 0.683. The molecule has 1 aromatic heterocycles. The number of rotatable bonds is 3. The van der Waals surface area contributed by atoms with Gasteiger partial charge in [0.1, 0.15) is 0 Å². The first-order valence-electron chi connectivity index (χ1n) is 4.48. The highest BCUT2D eigenvalue weighted by Crippen LogP contribution is 2.17. The van der Waals surface area contributed by atoms with Crippen molar-refractivity contribution >= 4 is 28.6 Å². The van der Waals surface area contributed by atoms with Crippen molar-refractivity contribution in [3.63, 3.8) is 0 Å². The summed E-state index contributed by atoms with van der Waals surface area (Å²) in [5.41, 5.74) is 2.23. The van der Waals surface area contributed by atoms with E-state index in [0.29, 0.717) is 18.0 Å². The molecule has 0 saturated carbocycles. The minimum atomic E-state index is -0.240. The Bertz CT molecular complexity index is 453. The molecule has 1 rings (SSSR count). The zero-order chi connectivity index (χ0) is 11.6. The summed E-state index contributed by atoms with van der Waals surface area (Å²) in [7, 11) is 0. The molecule has 0 aliphatic carbocycles. The maximum absolute atomic E-state index is 11.6. The molecule has 0 aliphatic heterocycles. The van der Waals surface area contributed by atoms with Crippen molar-refractivity contribution in [2.24, 2.45) is 0 Å². The maximum Gasteiger partial charge on any atom is 0.348 e. The molecule has 0 bridgehead atoms. The van der Waals surface area contributed by atoms with E-state index in [2.05, 4.69) is 40.1 Å². The molecule has 1 aromatic rings. The van der Waals surface area contributed by atoms with Crippen LogP contribution >= 0.6 is 28.6 Å². The monoisotopic (exact) mass is 288 g/mol. The van der Waals surface area contributed by atoms with Crippen LogP contribution in [-0.2, 0) is 6.54 Å². The highest BCUT2D eigenvalue weighted by molar-refractivity contribution is 9.10. The van der Waals surface area contributed by atoms with Crippen LogP contribution in [0.5, 0.6) is 0 Å². The lowest BCUT2D eigenvalue weighted by atomic mass is 10.3. The summed E-state index contributed by atoms with van der Waals surface area (Å²) in [6.45, 7) is 7.98. The van der Waals surface area contributed by atoms with Crippen molar-refractivity contribution in [3.8, 4) is 0 Å². The Morgan fingerprint density at radius 1 is 1.60 bits per heavy atom. The van der Waals surface area contributed by atoms with Gasteiger partial charge in [-0.25, -0.2) is 4.79 Å². The third kappa shape index (κ3) is 2.72. The van der Waals surface area contributed by atoms with Crippen molar-refractivity contribution in [2.75, 3.05) is 5.75 Å². The first-order valence-corrected chi connectivity index (χ1v) is 5.91. The summed E-state index contributed by atoms with van der Waals surface area (Å²) in [5, 5.41) is 0. The highest BCUT2D eigenvalue weighted by Gasteiger charge is 2.09. The van der Waals surface area contributed by atoms with Crippen molar-refractivity contribution in [1.29, 1.82) is 0 Å². The highest BCUT2D eigenvalue weighted by atomic mass is 79.9. The predicted molar refractivity (Wildman–Crippen MR) is 68.7 cm³/mol. The Balaban J connectivity index is 3.24. The standard InChI is InChI=1S/C10H13BrN2OS/c1-6(5-15)4-13-8(3)9(11)7(2)12-10(13)14/h15H,1,4-5H2,2-3H3. The van der Waals surface area contributed by atoms with Gasteiger partial charge in [0.05, 0.1) is 10.2 Å². The average Bonchev–Trinajstić information content (AvgIpc) is 2.21. The predicted octanol–water partition coefficient (Wildman–Crippen LogP) is 2.11. The van der Waals surface area contributed by atoms with Gasteiger partial charge in [0.25, 0.3) is 0 Å². The summed E-state index contributed by atoms with van der Waals surface area (Å²) in [6, 6.07) is 0. The van der Waals surface area contributed by atoms with Gasteiger partial charge in [0.2, 0.25) is 0 Å². The Morgan fingerprint density at radius 3 is 2.73 bits per heavy atom. The minimum Gasteiger partial charge on any atom is -0.291 e. The van der Waals surface area contributed by atoms with Gasteiger partial charge in [-0.05, 0) is 35.4 Å². The van der Waals surface area contributed by atoms with Crippen LogP contribution in [0.15, 0.2) is 21.4 Å². The Hall–Kier alpha value is -0.550. The molecule has 5 heteroatoms. The molecule has 0 aromatic carbocycles. The molecule has 0 atom stereocenters. The minimum absolute atomic E-state index is 0.240. The van der Waals surface area contributed by atoms with E-state index in [4.69, 9.17) is 0 Å². The second-order valence-corrected chi connectivity index (χ2v) is 4.48. The fraction of sp³-hybridized carbons (Fsp3) is 0.400. The van der Waals surface area contributed by atoms with E-state index in [1.54, 1.807) is 11.5 Å². The van der Waals surface area contributed by atoms with E-state index in [-0.39, 0.29) is 5.69 Å². The number of halogens is 1. The largest absolute Gasteiger partial charge is 0.348 e. The second-order valence-electron chi connectivity index (χ2n) is 3.37. The molecular formula is C10H13BrN2OS. The van der Waals surface area contributed by atoms with Crippen LogP contribution in [0.1, 0.15) is 11.4 Å². The molecule has 0 fully saturated rings. The van der Waals surface area contributed by atoms with E-state index >= 15 is 0 Å². The average molecular weight is 289 g/mol. The Kier molecular flexibility index (Phi) is 4.16. The van der Waals surface area contributed by atoms with Crippen LogP contribution in [0, 0.1) is 13.8 Å². The van der Waals surface area contributed by atoms with Crippen molar-refractivity contribution in [3.05, 3.63) is 38.5 Å². The summed E-state index contributed by atoms with van der Waals surface area (Å²) >= 11 is 7.52. The SMILES string of the molecule is C=C(CS)Cn1c(C)c(Br)c(C)nc1=O. The van der Waals surface area contributed by atoms with E-state index in [1.807, 2.05) is 6.92 Å². The van der Waals surface area contributed by atoms with Gasteiger partial charge in [-0.1, -0.05) is 6.58 Å². The molecule has 0 amide bonds. The second kappa shape index (κ2) is 4.99. The lowest BCUT2D eigenvalue weighted by Crippen LogP contribution is -2.27. The number of hydrogen-bond acceptors (Lipinski definition) is 3. The number of aromatic nitrogens is 2. The zero-order valence-corrected chi connectivity index (χ0v) is 11.2. The van der Waals surface area contributed by atoms with Gasteiger partial charge in [-0.3, -0.25) is 4.57 Å². The van der Waals surface area contributed by atoms with Crippen molar-refractivity contribution in [1.82, 2.24) is 9.55 Å². The van der Waals surface area contributed by atoms with Crippen LogP contribution in [0.3, 0.4) is 0 Å². The van der Waals surface area contributed by atoms with Gasteiger partial charge in [0, 0.05) is 18.0 Å². The number of aryl methyl sites for hydroxylation is 1. The summed E-state index contributed by atoms with van der Waals surface area (Å²) in [6.07, 6.45) is 0. The summed E-state index contributed by atoms with van der Waals surface area (Å²) in [4.78, 5) is 15.5. The molecule has 0 aliphatic rings. The van der Waals surface area contributed by atoms with E-state index in [0.717, 1.165) is 15.7 Å². The number of nitrogens with zero attached hydrogens (tertiary/aromatic N) is 2. The van der Waals surface area contributed by atoms with Gasteiger partial charge in [-0.2, -0.15) is 17.6 Å². The van der Waals surface area contributed by atoms with Gasteiger partial charge >= 0.3 is 5.69 Å². The van der Waals surface area contributed by atoms with Gasteiger partial charge in [0.15, 0.2) is 0 Å². The Labute approximate surface area is 103 Å². The molecular weight excluding hydrogens is 276 g/mol. The van der Waals surface area contributed by atoms with E-state index in [9.17, 15) is 4.79 Å². The van der Waals surface area contributed by atoms with Crippen molar-refractivity contribution < 1.29 is 0 Å². The van der Waals surface area contributed by atoms with Crippen LogP contribution in [-0.4, -0.2) is 15.3 Å². The topological polar surface area (TPSA) is 34.9 Å². The third-order valence-corrected chi connectivity index (χ3v) is 3.73. The van der Waals surface area contributed by atoms with Crippen LogP contribution < -0.4 is 5.69 Å². The molecule has 82 valence electrons. The molecule has 0 radical (unpaired) electrons. The first-order chi connectivity index (χ1) is 6.97. The lowest BCUT2D eigenvalue weighted by Gasteiger charge is -2.12. The molecule has 15 heavy (non-hydrogen) atoms. The molecule has 0 spiro atoms. The van der Waals surface area contributed by atoms with Crippen LogP contribution in [0.4, 0.5) is 0 Å². The van der Waals surface area contributed by atoms with Crippen molar-refractivity contribution in [2.45, 2.75) is 20.4 Å². The van der Waals surface area contributed by atoms with Gasteiger partial charge in [-0.15, -0.1) is 0 Å². The fourth-order valence-corrected chi connectivity index (χ4v) is 1.64. The van der Waals surface area contributed by atoms with E-state index < -0.39 is 0 Å². The molecule has 0 saturated heterocycles. The summed E-state index contributed by atoms with van der Waals surface area (Å²) < 4.78 is 2.46. The zero-order valence-electron chi connectivity index (χ0n) is 8.75. The molecule has 0 N–H and O–H groups in total. The normalized spacial score (nSPS) is 10.4. The number of hydrogen-bond donors (Lipinski definition) is 1. The fourth-order valence-electron chi connectivity index (χ4n) is 1.24. The third-order valence-electron chi connectivity index (χ3n) is 2.14. The van der Waals surface area contributed by atoms with Gasteiger partial charge < -0.3 is 0 Å². The molecule has 3 nitrogen and oxygen atoms in total. The molecule has 0 unspecified atom stereocenters. The molecule has 1 heterocycles. The maximum atomic E-state index is 11.6. The lowest BCUT2D eigenvalue weighted by molar-refractivity contribution is 0.683. The Morgan fingerprint density at radius 2 is 2.20 bits per heavy atom. The summed E-state index contributed by atoms with van der Waals surface area (Å²) in [5.74, 6) is 0.567. The smallest absolute Gasteiger partial charge is 0.291 e. The number of thiol groups is 1. The van der Waals surface area contributed by atoms with E-state index in [1.165, 1.54) is 0 Å². The first kappa shape index (κ1) is 12.5. The van der Waals surface area contributed by atoms with Crippen LogP contribution in [0.25, 0.3) is 0 Å². The van der Waals surface area contributed by atoms with Crippen LogP contribution in [0.2, 0.25) is 0 Å².